The highest BCUT2D eigenvalue weighted by Gasteiger charge is 2.34. The van der Waals surface area contributed by atoms with Crippen LogP contribution in [0.2, 0.25) is 5.02 Å². The number of fused-ring (bicyclic) bond motifs is 1. The third-order valence-electron chi connectivity index (χ3n) is 6.49. The van der Waals surface area contributed by atoms with Gasteiger partial charge in [-0.15, -0.1) is 0 Å². The summed E-state index contributed by atoms with van der Waals surface area (Å²) in [6, 6.07) is 18.1. The Kier molecular flexibility index (Phi) is 9.08. The van der Waals surface area contributed by atoms with Gasteiger partial charge in [0.05, 0.1) is 11.4 Å². The van der Waals surface area contributed by atoms with E-state index < -0.39 is 35.1 Å². The minimum atomic E-state index is -1.13. The number of benzene rings is 3. The van der Waals surface area contributed by atoms with Crippen molar-refractivity contribution in [3.63, 3.8) is 0 Å². The molecule has 1 heterocycles. The van der Waals surface area contributed by atoms with Crippen LogP contribution in [0, 0.1) is 5.82 Å². The molecule has 0 saturated carbocycles. The van der Waals surface area contributed by atoms with Crippen molar-refractivity contribution in [2.75, 3.05) is 16.8 Å². The van der Waals surface area contributed by atoms with Crippen LogP contribution in [0.4, 0.5) is 15.8 Å². The molecule has 10 heteroatoms. The number of rotatable bonds is 8. The lowest BCUT2D eigenvalue weighted by Crippen LogP contribution is -2.49. The monoisotopic (exact) mass is 578 g/mol. The van der Waals surface area contributed by atoms with Crippen LogP contribution < -0.4 is 15.5 Å². The Labute approximate surface area is 243 Å². The van der Waals surface area contributed by atoms with Crippen LogP contribution in [0.25, 0.3) is 0 Å². The number of nitrogens with zero attached hydrogens (tertiary/aromatic N) is 2. The molecule has 4 amide bonds. The molecule has 41 heavy (non-hydrogen) atoms. The van der Waals surface area contributed by atoms with Crippen molar-refractivity contribution in [1.82, 2.24) is 10.2 Å². The lowest BCUT2D eigenvalue weighted by atomic mass is 10.00. The van der Waals surface area contributed by atoms with Crippen molar-refractivity contribution >= 4 is 46.6 Å². The maximum absolute atomic E-state index is 13.9. The van der Waals surface area contributed by atoms with Gasteiger partial charge < -0.3 is 20.4 Å². The standard InChI is InChI=1S/C31H32ClFN4O4/c1-31(2,3)35-30(41)29(20-12-14-22(33)15-13-20)37(18-21-8-4-5-9-23(21)32)28(40)17-16-27(39)36-19-26(38)34-24-10-6-7-11-25(24)36/h4-15,29H,16-19H2,1-3H3,(H,34,38)(H,35,41). The van der Waals surface area contributed by atoms with Gasteiger partial charge in [-0.25, -0.2) is 4.39 Å². The van der Waals surface area contributed by atoms with Crippen LogP contribution in [0.5, 0.6) is 0 Å². The molecule has 1 unspecified atom stereocenters. The molecule has 0 saturated heterocycles. The van der Waals surface area contributed by atoms with Gasteiger partial charge in [0, 0.05) is 29.9 Å². The van der Waals surface area contributed by atoms with Crippen molar-refractivity contribution in [3.05, 3.63) is 94.8 Å². The first kappa shape index (κ1) is 29.7. The number of para-hydroxylation sites is 2. The van der Waals surface area contributed by atoms with Crippen LogP contribution in [0.15, 0.2) is 72.8 Å². The van der Waals surface area contributed by atoms with Gasteiger partial charge in [0.25, 0.3) is 0 Å². The summed E-state index contributed by atoms with van der Waals surface area (Å²) in [6.45, 7) is 5.26. The van der Waals surface area contributed by atoms with E-state index >= 15 is 0 Å². The Morgan fingerprint density at radius 2 is 1.66 bits per heavy atom. The maximum atomic E-state index is 13.9. The lowest BCUT2D eigenvalue weighted by molar-refractivity contribution is -0.142. The Morgan fingerprint density at radius 3 is 2.34 bits per heavy atom. The van der Waals surface area contributed by atoms with Crippen molar-refractivity contribution in [2.45, 2.75) is 51.7 Å². The maximum Gasteiger partial charge on any atom is 0.247 e. The van der Waals surface area contributed by atoms with Crippen molar-refractivity contribution < 1.29 is 23.6 Å². The first-order chi connectivity index (χ1) is 19.4. The molecule has 4 rings (SSSR count). The molecule has 2 N–H and O–H groups in total. The molecule has 0 aliphatic carbocycles. The fourth-order valence-electron chi connectivity index (χ4n) is 4.64. The number of carbonyl (C=O) groups excluding carboxylic acids is 4. The van der Waals surface area contributed by atoms with E-state index in [1.807, 2.05) is 20.8 Å². The third-order valence-corrected chi connectivity index (χ3v) is 6.86. The van der Waals surface area contributed by atoms with Crippen LogP contribution in [-0.4, -0.2) is 40.6 Å². The first-order valence-corrected chi connectivity index (χ1v) is 13.6. The summed E-state index contributed by atoms with van der Waals surface area (Å²) in [6.07, 6.45) is -0.430. The Balaban J connectivity index is 1.65. The van der Waals surface area contributed by atoms with E-state index in [1.54, 1.807) is 48.5 Å². The number of hydrogen-bond donors (Lipinski definition) is 2. The van der Waals surface area contributed by atoms with Crippen LogP contribution in [0.1, 0.15) is 50.8 Å². The highest BCUT2D eigenvalue weighted by molar-refractivity contribution is 6.31. The molecule has 8 nitrogen and oxygen atoms in total. The van der Waals surface area contributed by atoms with Gasteiger partial charge in [0.15, 0.2) is 0 Å². The highest BCUT2D eigenvalue weighted by atomic mass is 35.5. The zero-order valence-electron chi connectivity index (χ0n) is 23.1. The summed E-state index contributed by atoms with van der Waals surface area (Å²) < 4.78 is 13.8. The topological polar surface area (TPSA) is 98.8 Å². The Bertz CT molecular complexity index is 1450. The molecule has 0 fully saturated rings. The third kappa shape index (κ3) is 7.49. The first-order valence-electron chi connectivity index (χ1n) is 13.2. The molecule has 1 aliphatic rings. The molecule has 1 aliphatic heterocycles. The molecule has 0 spiro atoms. The van der Waals surface area contributed by atoms with Gasteiger partial charge in [-0.3, -0.25) is 19.2 Å². The predicted molar refractivity (Wildman–Crippen MR) is 156 cm³/mol. The fraction of sp³-hybridized carbons (Fsp3) is 0.290. The summed E-state index contributed by atoms with van der Waals surface area (Å²) in [5.74, 6) is -2.16. The number of carbonyl (C=O) groups is 4. The van der Waals surface area contributed by atoms with Gasteiger partial charge >= 0.3 is 0 Å². The van der Waals surface area contributed by atoms with E-state index in [4.69, 9.17) is 11.6 Å². The van der Waals surface area contributed by atoms with Crippen molar-refractivity contribution in [3.8, 4) is 0 Å². The summed E-state index contributed by atoms with van der Waals surface area (Å²) in [4.78, 5) is 55.8. The second-order valence-electron chi connectivity index (χ2n) is 10.9. The summed E-state index contributed by atoms with van der Waals surface area (Å²) in [5.41, 5.74) is 1.45. The quantitative estimate of drug-likeness (QED) is 0.382. The predicted octanol–water partition coefficient (Wildman–Crippen LogP) is 5.23. The number of anilines is 2. The van der Waals surface area contributed by atoms with E-state index in [9.17, 15) is 23.6 Å². The normalized spacial score (nSPS) is 13.6. The van der Waals surface area contributed by atoms with Gasteiger partial charge in [0.1, 0.15) is 18.4 Å². The lowest BCUT2D eigenvalue weighted by Gasteiger charge is -2.34. The molecule has 0 radical (unpaired) electrons. The van der Waals surface area contributed by atoms with Gasteiger partial charge in [-0.05, 0) is 62.2 Å². The van der Waals surface area contributed by atoms with E-state index in [-0.39, 0.29) is 31.8 Å². The van der Waals surface area contributed by atoms with E-state index in [1.165, 1.54) is 34.1 Å². The molecule has 0 bridgehead atoms. The van der Waals surface area contributed by atoms with Crippen molar-refractivity contribution in [1.29, 1.82) is 0 Å². The Morgan fingerprint density at radius 1 is 1.00 bits per heavy atom. The minimum absolute atomic E-state index is 0.0265. The number of halogens is 2. The average Bonchev–Trinajstić information content (AvgIpc) is 2.91. The second-order valence-corrected chi connectivity index (χ2v) is 11.3. The zero-order chi connectivity index (χ0) is 29.7. The SMILES string of the molecule is CC(C)(C)NC(=O)C(c1ccc(F)cc1)N(Cc1ccccc1Cl)C(=O)CCC(=O)N1CC(=O)Nc2ccccc21. The van der Waals surface area contributed by atoms with E-state index in [0.29, 0.717) is 27.5 Å². The number of nitrogens with one attached hydrogen (secondary N) is 2. The largest absolute Gasteiger partial charge is 0.349 e. The molecule has 0 aromatic heterocycles. The smallest absolute Gasteiger partial charge is 0.247 e. The van der Waals surface area contributed by atoms with Gasteiger partial charge in [-0.2, -0.15) is 0 Å². The van der Waals surface area contributed by atoms with E-state index in [0.717, 1.165) is 0 Å². The molecular weight excluding hydrogens is 547 g/mol. The average molecular weight is 579 g/mol. The molecular formula is C31H32ClFN4O4. The fourth-order valence-corrected chi connectivity index (χ4v) is 4.83. The number of hydrogen-bond acceptors (Lipinski definition) is 4. The molecule has 3 aromatic rings. The number of amides is 4. The van der Waals surface area contributed by atoms with Gasteiger partial charge in [-0.1, -0.05) is 54.1 Å². The Hall–Kier alpha value is -4.24. The summed E-state index contributed by atoms with van der Waals surface area (Å²) in [7, 11) is 0. The summed E-state index contributed by atoms with van der Waals surface area (Å²) in [5, 5.41) is 6.07. The molecule has 1 atom stereocenters. The van der Waals surface area contributed by atoms with Crippen LogP contribution >= 0.6 is 11.6 Å². The second kappa shape index (κ2) is 12.5. The van der Waals surface area contributed by atoms with Crippen LogP contribution in [0.3, 0.4) is 0 Å². The van der Waals surface area contributed by atoms with Gasteiger partial charge in [0.2, 0.25) is 23.6 Å². The minimum Gasteiger partial charge on any atom is -0.349 e. The zero-order valence-corrected chi connectivity index (χ0v) is 23.9. The highest BCUT2D eigenvalue weighted by Crippen LogP contribution is 2.31. The van der Waals surface area contributed by atoms with E-state index in [2.05, 4.69) is 10.6 Å². The summed E-state index contributed by atoms with van der Waals surface area (Å²) >= 11 is 6.43. The van der Waals surface area contributed by atoms with Crippen molar-refractivity contribution in [2.24, 2.45) is 0 Å². The van der Waals surface area contributed by atoms with Crippen LogP contribution in [-0.2, 0) is 25.7 Å². The molecule has 3 aromatic carbocycles. The molecule has 214 valence electrons.